The lowest BCUT2D eigenvalue weighted by Crippen LogP contribution is -2.11. The summed E-state index contributed by atoms with van der Waals surface area (Å²) in [7, 11) is 0. The summed E-state index contributed by atoms with van der Waals surface area (Å²) < 4.78 is 0. The largest absolute Gasteiger partial charge is 0.395 e. The lowest BCUT2D eigenvalue weighted by molar-refractivity contribution is 0.103. The number of anilines is 1. The summed E-state index contributed by atoms with van der Waals surface area (Å²) >= 11 is 1.42. The quantitative estimate of drug-likeness (QED) is 0.851. The van der Waals surface area contributed by atoms with Crippen molar-refractivity contribution in [2.75, 3.05) is 11.9 Å². The van der Waals surface area contributed by atoms with Crippen molar-refractivity contribution in [1.29, 1.82) is 0 Å². The molecule has 0 aliphatic carbocycles. The summed E-state index contributed by atoms with van der Waals surface area (Å²) in [5, 5.41) is 13.6. The van der Waals surface area contributed by atoms with Crippen molar-refractivity contribution in [2.45, 2.75) is 19.8 Å². The van der Waals surface area contributed by atoms with E-state index < -0.39 is 0 Å². The molecule has 0 radical (unpaired) electrons. The van der Waals surface area contributed by atoms with Gasteiger partial charge in [-0.1, -0.05) is 24.8 Å². The number of hydrogen-bond donors (Lipinski definition) is 2. The van der Waals surface area contributed by atoms with E-state index in [-0.39, 0.29) is 12.5 Å². The summed E-state index contributed by atoms with van der Waals surface area (Å²) in [6, 6.07) is 9.41. The van der Waals surface area contributed by atoms with E-state index >= 15 is 0 Å². The first-order valence-corrected chi connectivity index (χ1v) is 7.70. The second kappa shape index (κ2) is 7.63. The molecule has 1 aromatic carbocycles. The Kier molecular flexibility index (Phi) is 5.56. The highest BCUT2D eigenvalue weighted by molar-refractivity contribution is 7.12. The molecule has 0 aliphatic heterocycles. The second-order valence-corrected chi connectivity index (χ2v) is 5.38. The van der Waals surface area contributed by atoms with Gasteiger partial charge in [0.2, 0.25) is 0 Å². The van der Waals surface area contributed by atoms with E-state index in [4.69, 9.17) is 5.11 Å². The van der Waals surface area contributed by atoms with Crippen LogP contribution in [0.3, 0.4) is 0 Å². The molecule has 0 saturated carbocycles. The van der Waals surface area contributed by atoms with Crippen LogP contribution < -0.4 is 5.32 Å². The number of amides is 1. The number of aryl methyl sites for hydroxylation is 1. The van der Waals surface area contributed by atoms with Gasteiger partial charge >= 0.3 is 0 Å². The summed E-state index contributed by atoms with van der Waals surface area (Å²) in [5.41, 5.74) is 2.77. The second-order valence-electron chi connectivity index (χ2n) is 4.43. The fourth-order valence-electron chi connectivity index (χ4n) is 1.90. The predicted octanol–water partition coefficient (Wildman–Crippen LogP) is 3.30. The zero-order valence-corrected chi connectivity index (χ0v) is 12.7. The number of carbonyl (C=O) groups excluding carboxylic acids is 1. The van der Waals surface area contributed by atoms with Gasteiger partial charge < -0.3 is 10.4 Å². The Morgan fingerprint density at radius 3 is 2.90 bits per heavy atom. The average molecular weight is 299 g/mol. The molecule has 2 N–H and O–H groups in total. The normalized spacial score (nSPS) is 9.81. The molecule has 1 aromatic heterocycles. The topological polar surface area (TPSA) is 49.3 Å². The van der Waals surface area contributed by atoms with Crippen LogP contribution in [0.2, 0.25) is 0 Å². The van der Waals surface area contributed by atoms with Crippen molar-refractivity contribution in [3.05, 3.63) is 51.7 Å². The molecule has 0 bridgehead atoms. The summed E-state index contributed by atoms with van der Waals surface area (Å²) in [6.45, 7) is 2.11. The Morgan fingerprint density at radius 1 is 1.38 bits per heavy atom. The maximum atomic E-state index is 12.1. The Labute approximate surface area is 128 Å². The molecule has 1 heterocycles. The fourth-order valence-corrected chi connectivity index (χ4v) is 2.52. The number of aliphatic hydroxyl groups is 1. The summed E-state index contributed by atoms with van der Waals surface area (Å²) in [6.07, 6.45) is 1.29. The van der Waals surface area contributed by atoms with Crippen LogP contribution in [0, 0.1) is 11.8 Å². The third kappa shape index (κ3) is 4.19. The minimum atomic E-state index is -0.0844. The van der Waals surface area contributed by atoms with Crippen LogP contribution in [-0.4, -0.2) is 17.6 Å². The van der Waals surface area contributed by atoms with Gasteiger partial charge in [-0.3, -0.25) is 4.79 Å². The number of thiophene rings is 1. The van der Waals surface area contributed by atoms with Crippen molar-refractivity contribution in [2.24, 2.45) is 0 Å². The first-order chi connectivity index (χ1) is 10.2. The van der Waals surface area contributed by atoms with Gasteiger partial charge in [0.05, 0.1) is 11.5 Å². The number of aliphatic hydroxyl groups excluding tert-OH is 1. The molecule has 0 spiro atoms. The van der Waals surface area contributed by atoms with Crippen molar-refractivity contribution in [1.82, 2.24) is 0 Å². The minimum absolute atomic E-state index is 0.0720. The maximum absolute atomic E-state index is 12.1. The first-order valence-electron chi connectivity index (χ1n) is 6.82. The van der Waals surface area contributed by atoms with E-state index in [1.165, 1.54) is 11.3 Å². The lowest BCUT2D eigenvalue weighted by atomic mass is 10.1. The van der Waals surface area contributed by atoms with Gasteiger partial charge in [0, 0.05) is 17.7 Å². The molecule has 4 heteroatoms. The highest BCUT2D eigenvalue weighted by Gasteiger charge is 2.09. The smallest absolute Gasteiger partial charge is 0.265 e. The molecule has 0 aliphatic rings. The highest BCUT2D eigenvalue weighted by atomic mass is 32.1. The fraction of sp³-hybridized carbons (Fsp3) is 0.235. The zero-order valence-electron chi connectivity index (χ0n) is 11.8. The van der Waals surface area contributed by atoms with E-state index in [0.717, 1.165) is 23.2 Å². The molecule has 108 valence electrons. The number of benzene rings is 1. The Balaban J connectivity index is 2.17. The van der Waals surface area contributed by atoms with Gasteiger partial charge in [-0.05, 0) is 41.6 Å². The molecule has 2 aromatic rings. The van der Waals surface area contributed by atoms with Gasteiger partial charge in [-0.15, -0.1) is 11.3 Å². The van der Waals surface area contributed by atoms with Crippen LogP contribution in [0.5, 0.6) is 0 Å². The maximum Gasteiger partial charge on any atom is 0.265 e. The molecule has 2 rings (SSSR count). The van der Waals surface area contributed by atoms with E-state index in [0.29, 0.717) is 11.3 Å². The highest BCUT2D eigenvalue weighted by Crippen LogP contribution is 2.20. The van der Waals surface area contributed by atoms with Gasteiger partial charge in [0.25, 0.3) is 5.91 Å². The third-order valence-corrected chi connectivity index (χ3v) is 3.82. The summed E-state index contributed by atoms with van der Waals surface area (Å²) in [4.78, 5) is 12.8. The van der Waals surface area contributed by atoms with Crippen molar-refractivity contribution < 1.29 is 9.90 Å². The van der Waals surface area contributed by atoms with Gasteiger partial charge in [0.1, 0.15) is 0 Å². The average Bonchev–Trinajstić information content (AvgIpc) is 3.03. The van der Waals surface area contributed by atoms with Crippen LogP contribution in [0.1, 0.15) is 34.1 Å². The van der Waals surface area contributed by atoms with Crippen molar-refractivity contribution >= 4 is 22.9 Å². The minimum Gasteiger partial charge on any atom is -0.395 e. The van der Waals surface area contributed by atoms with Crippen LogP contribution in [0.15, 0.2) is 35.7 Å². The van der Waals surface area contributed by atoms with E-state index in [9.17, 15) is 4.79 Å². The molecule has 0 fully saturated rings. The molecule has 0 atom stereocenters. The SMILES string of the molecule is CCc1cc(C#CCCO)ccc1NC(=O)c1cccs1. The van der Waals surface area contributed by atoms with Crippen molar-refractivity contribution in [3.63, 3.8) is 0 Å². The third-order valence-electron chi connectivity index (χ3n) is 2.95. The molecule has 1 amide bonds. The van der Waals surface area contributed by atoms with Crippen LogP contribution in [-0.2, 0) is 6.42 Å². The molecule has 21 heavy (non-hydrogen) atoms. The summed E-state index contributed by atoms with van der Waals surface area (Å²) in [5.74, 6) is 5.82. The zero-order chi connectivity index (χ0) is 15.1. The van der Waals surface area contributed by atoms with E-state index in [2.05, 4.69) is 17.2 Å². The predicted molar refractivity (Wildman–Crippen MR) is 86.7 cm³/mol. The number of rotatable bonds is 4. The van der Waals surface area contributed by atoms with Crippen molar-refractivity contribution in [3.8, 4) is 11.8 Å². The van der Waals surface area contributed by atoms with E-state index in [1.807, 2.05) is 36.6 Å². The monoisotopic (exact) mass is 299 g/mol. The van der Waals surface area contributed by atoms with E-state index in [1.54, 1.807) is 6.07 Å². The number of hydrogen-bond acceptors (Lipinski definition) is 3. The number of nitrogens with one attached hydrogen (secondary N) is 1. The van der Waals surface area contributed by atoms with Crippen LogP contribution >= 0.6 is 11.3 Å². The molecule has 0 saturated heterocycles. The van der Waals surface area contributed by atoms with Gasteiger partial charge in [-0.2, -0.15) is 0 Å². The molecule has 0 unspecified atom stereocenters. The Bertz CT molecular complexity index is 666. The van der Waals surface area contributed by atoms with Crippen LogP contribution in [0.25, 0.3) is 0 Å². The molecule has 3 nitrogen and oxygen atoms in total. The van der Waals surface area contributed by atoms with Gasteiger partial charge in [-0.25, -0.2) is 0 Å². The Morgan fingerprint density at radius 2 is 2.24 bits per heavy atom. The molecular weight excluding hydrogens is 282 g/mol. The van der Waals surface area contributed by atoms with Crippen LogP contribution in [0.4, 0.5) is 5.69 Å². The standard InChI is InChI=1S/C17H17NO2S/c1-2-14-12-13(6-3-4-10-19)8-9-15(14)18-17(20)16-7-5-11-21-16/h5,7-9,11-12,19H,2,4,10H2,1H3,(H,18,20). The molecular formula is C17H17NO2S. The first kappa shape index (κ1) is 15.3. The van der Waals surface area contributed by atoms with Gasteiger partial charge in [0.15, 0.2) is 0 Å². The number of carbonyl (C=O) groups is 1. The Hall–Kier alpha value is -2.09. The lowest BCUT2D eigenvalue weighted by Gasteiger charge is -2.09.